The van der Waals surface area contributed by atoms with E-state index in [1.54, 1.807) is 37.3 Å². The molecule has 1 aliphatic rings. The van der Waals surface area contributed by atoms with Gasteiger partial charge in [0, 0.05) is 29.6 Å². The van der Waals surface area contributed by atoms with Gasteiger partial charge in [-0.1, -0.05) is 0 Å². The van der Waals surface area contributed by atoms with Crippen LogP contribution in [0.5, 0.6) is 28.7 Å². The van der Waals surface area contributed by atoms with Crippen LogP contribution >= 0.6 is 0 Å². The highest BCUT2D eigenvalue weighted by molar-refractivity contribution is 5.96. The molecule has 0 spiro atoms. The van der Waals surface area contributed by atoms with E-state index in [0.717, 1.165) is 0 Å². The number of benzene rings is 2. The van der Waals surface area contributed by atoms with Gasteiger partial charge in [0.1, 0.15) is 6.04 Å². The fourth-order valence-corrected chi connectivity index (χ4v) is 2.70. The maximum absolute atomic E-state index is 12.5. The van der Waals surface area contributed by atoms with E-state index in [-0.39, 0.29) is 12.7 Å². The molecule has 0 radical (unpaired) electrons. The highest BCUT2D eigenvalue weighted by Crippen LogP contribution is 2.40. The van der Waals surface area contributed by atoms with Crippen molar-refractivity contribution in [1.29, 1.82) is 0 Å². The highest BCUT2D eigenvalue weighted by Gasteiger charge is 2.19. The monoisotopic (exact) mass is 374 g/mol. The Bertz CT molecular complexity index is 814. The van der Waals surface area contributed by atoms with Crippen molar-refractivity contribution >= 4 is 17.3 Å². The lowest BCUT2D eigenvalue weighted by molar-refractivity contribution is -0.116. The first-order valence-electron chi connectivity index (χ1n) is 8.32. The molecular weight excluding hydrogens is 352 g/mol. The van der Waals surface area contributed by atoms with Crippen LogP contribution in [0.1, 0.15) is 6.92 Å². The molecule has 8 nitrogen and oxygen atoms in total. The van der Waals surface area contributed by atoms with Crippen LogP contribution in [0.15, 0.2) is 30.3 Å². The third-order valence-electron chi connectivity index (χ3n) is 4.08. The van der Waals surface area contributed by atoms with Gasteiger partial charge in [0.25, 0.3) is 0 Å². The van der Waals surface area contributed by atoms with E-state index in [0.29, 0.717) is 40.1 Å². The predicted molar refractivity (Wildman–Crippen MR) is 100 cm³/mol. The van der Waals surface area contributed by atoms with Crippen LogP contribution in [0.2, 0.25) is 0 Å². The molecule has 3 rings (SSSR count). The first-order valence-corrected chi connectivity index (χ1v) is 8.32. The normalized spacial score (nSPS) is 12.9. The van der Waals surface area contributed by atoms with E-state index >= 15 is 0 Å². The zero-order chi connectivity index (χ0) is 19.4. The van der Waals surface area contributed by atoms with Crippen LogP contribution < -0.4 is 34.3 Å². The number of hydrogen-bond acceptors (Lipinski definition) is 7. The van der Waals surface area contributed by atoms with E-state index in [9.17, 15) is 4.79 Å². The minimum atomic E-state index is -0.516. The van der Waals surface area contributed by atoms with Gasteiger partial charge in [-0.3, -0.25) is 4.79 Å². The van der Waals surface area contributed by atoms with Crippen molar-refractivity contribution in [3.63, 3.8) is 0 Å². The number of fused-ring (bicyclic) bond motifs is 1. The molecule has 2 N–H and O–H groups in total. The van der Waals surface area contributed by atoms with Crippen molar-refractivity contribution in [2.75, 3.05) is 38.8 Å². The highest BCUT2D eigenvalue weighted by atomic mass is 16.7. The summed E-state index contributed by atoms with van der Waals surface area (Å²) in [6.07, 6.45) is 0. The van der Waals surface area contributed by atoms with Gasteiger partial charge in [-0.05, 0) is 19.1 Å². The summed E-state index contributed by atoms with van der Waals surface area (Å²) in [5, 5.41) is 5.98. The van der Waals surface area contributed by atoms with Gasteiger partial charge in [0.2, 0.25) is 18.4 Å². The van der Waals surface area contributed by atoms with E-state index in [1.807, 2.05) is 0 Å². The first-order chi connectivity index (χ1) is 13.0. The summed E-state index contributed by atoms with van der Waals surface area (Å²) in [4.78, 5) is 12.5. The number of anilines is 2. The van der Waals surface area contributed by atoms with Gasteiger partial charge >= 0.3 is 0 Å². The Labute approximate surface area is 157 Å². The van der Waals surface area contributed by atoms with E-state index in [2.05, 4.69) is 10.6 Å². The third kappa shape index (κ3) is 3.94. The molecule has 27 heavy (non-hydrogen) atoms. The molecule has 0 aromatic heterocycles. The molecule has 0 unspecified atom stereocenters. The lowest BCUT2D eigenvalue weighted by Gasteiger charge is -2.18. The van der Waals surface area contributed by atoms with Crippen molar-refractivity contribution < 1.29 is 28.5 Å². The standard InChI is InChI=1S/C19H22N2O6/c1-11(19(22)21-12-5-6-14-15(7-12)27-10-26-14)20-13-8-16(23-2)18(25-4)17(9-13)24-3/h5-9,11,20H,10H2,1-4H3,(H,21,22)/t11-/m0/s1. The number of ether oxygens (including phenoxy) is 5. The number of carbonyl (C=O) groups excluding carboxylic acids is 1. The van der Waals surface area contributed by atoms with E-state index in [1.165, 1.54) is 21.3 Å². The minimum Gasteiger partial charge on any atom is -0.493 e. The molecule has 144 valence electrons. The molecule has 0 bridgehead atoms. The molecule has 1 heterocycles. The molecule has 8 heteroatoms. The average Bonchev–Trinajstić information content (AvgIpc) is 3.14. The summed E-state index contributed by atoms with van der Waals surface area (Å²) >= 11 is 0. The Morgan fingerprint density at radius 3 is 2.26 bits per heavy atom. The maximum atomic E-state index is 12.5. The largest absolute Gasteiger partial charge is 0.493 e. The summed E-state index contributed by atoms with van der Waals surface area (Å²) in [6, 6.07) is 8.22. The molecule has 1 atom stereocenters. The van der Waals surface area contributed by atoms with Gasteiger partial charge in [-0.15, -0.1) is 0 Å². The van der Waals surface area contributed by atoms with Crippen LogP contribution in [-0.2, 0) is 4.79 Å². The van der Waals surface area contributed by atoms with Crippen LogP contribution in [0, 0.1) is 0 Å². The molecule has 0 fully saturated rings. The van der Waals surface area contributed by atoms with Crippen molar-refractivity contribution in [3.8, 4) is 28.7 Å². The number of carbonyl (C=O) groups is 1. The Hall–Kier alpha value is -3.29. The summed E-state index contributed by atoms with van der Waals surface area (Å²) in [7, 11) is 4.61. The molecule has 1 aliphatic heterocycles. The summed E-state index contributed by atoms with van der Waals surface area (Å²) in [5.41, 5.74) is 1.29. The summed E-state index contributed by atoms with van der Waals surface area (Å²) in [5.74, 6) is 2.56. The number of amides is 1. The molecule has 2 aromatic rings. The number of nitrogens with one attached hydrogen (secondary N) is 2. The number of hydrogen-bond donors (Lipinski definition) is 2. The predicted octanol–water partition coefficient (Wildman–Crippen LogP) is 2.88. The van der Waals surface area contributed by atoms with Crippen LogP contribution in [0.25, 0.3) is 0 Å². The number of rotatable bonds is 7. The van der Waals surface area contributed by atoms with Crippen molar-refractivity contribution in [2.45, 2.75) is 13.0 Å². The lowest BCUT2D eigenvalue weighted by atomic mass is 10.2. The average molecular weight is 374 g/mol. The molecule has 1 amide bonds. The van der Waals surface area contributed by atoms with Crippen molar-refractivity contribution in [1.82, 2.24) is 0 Å². The zero-order valence-corrected chi connectivity index (χ0v) is 15.6. The van der Waals surface area contributed by atoms with Crippen LogP contribution in [0.3, 0.4) is 0 Å². The smallest absolute Gasteiger partial charge is 0.246 e. The fourth-order valence-electron chi connectivity index (χ4n) is 2.70. The van der Waals surface area contributed by atoms with Gasteiger partial charge in [0.15, 0.2) is 23.0 Å². The topological polar surface area (TPSA) is 87.3 Å². The molecule has 0 saturated carbocycles. The van der Waals surface area contributed by atoms with Crippen LogP contribution in [0.4, 0.5) is 11.4 Å². The lowest BCUT2D eigenvalue weighted by Crippen LogP contribution is -2.31. The minimum absolute atomic E-state index is 0.186. The Kier molecular flexibility index (Phi) is 5.44. The Balaban J connectivity index is 1.71. The zero-order valence-electron chi connectivity index (χ0n) is 15.6. The molecule has 0 saturated heterocycles. The Morgan fingerprint density at radius 1 is 0.963 bits per heavy atom. The van der Waals surface area contributed by atoms with Gasteiger partial charge < -0.3 is 34.3 Å². The molecular formula is C19H22N2O6. The SMILES string of the molecule is COc1cc(N[C@@H](C)C(=O)Nc2ccc3c(c2)OCO3)cc(OC)c1OC. The number of methoxy groups -OCH3 is 3. The fraction of sp³-hybridized carbons (Fsp3) is 0.316. The maximum Gasteiger partial charge on any atom is 0.246 e. The molecule has 2 aromatic carbocycles. The first kappa shape index (κ1) is 18.5. The second kappa shape index (κ2) is 7.94. The summed E-state index contributed by atoms with van der Waals surface area (Å²) in [6.45, 7) is 1.94. The van der Waals surface area contributed by atoms with Gasteiger partial charge in [-0.2, -0.15) is 0 Å². The second-order valence-electron chi connectivity index (χ2n) is 5.84. The second-order valence-corrected chi connectivity index (χ2v) is 5.84. The quantitative estimate of drug-likeness (QED) is 0.770. The van der Waals surface area contributed by atoms with E-state index in [4.69, 9.17) is 23.7 Å². The summed E-state index contributed by atoms with van der Waals surface area (Å²) < 4.78 is 26.5. The Morgan fingerprint density at radius 2 is 1.63 bits per heavy atom. The molecule has 0 aliphatic carbocycles. The van der Waals surface area contributed by atoms with Gasteiger partial charge in [-0.25, -0.2) is 0 Å². The van der Waals surface area contributed by atoms with Crippen molar-refractivity contribution in [3.05, 3.63) is 30.3 Å². The van der Waals surface area contributed by atoms with Crippen LogP contribution in [-0.4, -0.2) is 40.1 Å². The van der Waals surface area contributed by atoms with E-state index < -0.39 is 6.04 Å². The van der Waals surface area contributed by atoms with Gasteiger partial charge in [0.05, 0.1) is 21.3 Å². The van der Waals surface area contributed by atoms with Crippen molar-refractivity contribution in [2.24, 2.45) is 0 Å². The third-order valence-corrected chi connectivity index (χ3v) is 4.08.